The zero-order chi connectivity index (χ0) is 10.8. The second-order valence-electron chi connectivity index (χ2n) is 3.89. The molecular weight excluding hydrogens is 174 g/mol. The summed E-state index contributed by atoms with van der Waals surface area (Å²) in [7, 11) is 0. The molecule has 0 rings (SSSR count). The molecule has 1 atom stereocenters. The molecule has 1 unspecified atom stereocenters. The summed E-state index contributed by atoms with van der Waals surface area (Å²) in [6, 6.07) is 0.416. The van der Waals surface area contributed by atoms with Crippen LogP contribution >= 0.6 is 0 Å². The van der Waals surface area contributed by atoms with Crippen molar-refractivity contribution < 1.29 is 0 Å². The van der Waals surface area contributed by atoms with Gasteiger partial charge in [-0.1, -0.05) is 46.0 Å². The lowest BCUT2D eigenvalue weighted by Crippen LogP contribution is -2.39. The lowest BCUT2D eigenvalue weighted by Gasteiger charge is -2.18. The lowest BCUT2D eigenvalue weighted by molar-refractivity contribution is 0.473. The Morgan fingerprint density at radius 3 is 2.21 bits per heavy atom. The number of nitrogens with two attached hydrogens (primary N) is 1. The van der Waals surface area contributed by atoms with Crippen LogP contribution < -0.4 is 11.1 Å². The van der Waals surface area contributed by atoms with Gasteiger partial charge in [-0.25, -0.2) is 0 Å². The van der Waals surface area contributed by atoms with E-state index in [0.717, 1.165) is 12.8 Å². The molecule has 0 aromatic carbocycles. The van der Waals surface area contributed by atoms with Crippen molar-refractivity contribution in [3.63, 3.8) is 0 Å². The summed E-state index contributed by atoms with van der Waals surface area (Å²) in [6.45, 7) is 4.40. The van der Waals surface area contributed by atoms with E-state index in [2.05, 4.69) is 19.2 Å². The van der Waals surface area contributed by atoms with Gasteiger partial charge < -0.3 is 11.1 Å². The highest BCUT2D eigenvalue weighted by Gasteiger charge is 2.07. The second-order valence-corrected chi connectivity index (χ2v) is 3.89. The molecule has 0 bridgehead atoms. The Bertz CT molecular complexity index is 145. The van der Waals surface area contributed by atoms with E-state index >= 15 is 0 Å². The fraction of sp³-hybridized carbons (Fsp3) is 0.909. The fourth-order valence-corrected chi connectivity index (χ4v) is 1.60. The van der Waals surface area contributed by atoms with Crippen LogP contribution in [-0.2, 0) is 0 Å². The van der Waals surface area contributed by atoms with Gasteiger partial charge in [0.15, 0.2) is 5.96 Å². The van der Waals surface area contributed by atoms with Crippen LogP contribution in [-0.4, -0.2) is 12.0 Å². The first-order chi connectivity index (χ1) is 6.70. The topological polar surface area (TPSA) is 61.9 Å². The quantitative estimate of drug-likeness (QED) is 0.320. The number of nitrogens with one attached hydrogen (secondary N) is 2. The third kappa shape index (κ3) is 7.90. The van der Waals surface area contributed by atoms with Crippen molar-refractivity contribution in [1.29, 1.82) is 5.41 Å². The van der Waals surface area contributed by atoms with Gasteiger partial charge in [-0.3, -0.25) is 5.41 Å². The Kier molecular flexibility index (Phi) is 8.39. The van der Waals surface area contributed by atoms with Gasteiger partial charge in [-0.15, -0.1) is 0 Å². The second kappa shape index (κ2) is 8.85. The summed E-state index contributed by atoms with van der Waals surface area (Å²) in [5.74, 6) is 0.114. The minimum atomic E-state index is 0.114. The van der Waals surface area contributed by atoms with E-state index in [1.54, 1.807) is 0 Å². The number of guanidine groups is 1. The molecule has 0 fully saturated rings. The monoisotopic (exact) mass is 199 g/mol. The van der Waals surface area contributed by atoms with Gasteiger partial charge in [0.1, 0.15) is 0 Å². The molecule has 3 heteroatoms. The predicted octanol–water partition coefficient (Wildman–Crippen LogP) is 2.61. The molecular formula is C11H25N3. The average Bonchev–Trinajstić information content (AvgIpc) is 2.13. The first-order valence-corrected chi connectivity index (χ1v) is 5.81. The van der Waals surface area contributed by atoms with Crippen molar-refractivity contribution in [3.05, 3.63) is 0 Å². The first kappa shape index (κ1) is 13.3. The van der Waals surface area contributed by atoms with Crippen LogP contribution in [0.3, 0.4) is 0 Å². The van der Waals surface area contributed by atoms with E-state index in [-0.39, 0.29) is 5.96 Å². The lowest BCUT2D eigenvalue weighted by atomic mass is 10.0. The normalized spacial score (nSPS) is 12.4. The Hall–Kier alpha value is -0.730. The minimum absolute atomic E-state index is 0.114. The van der Waals surface area contributed by atoms with Crippen molar-refractivity contribution in [1.82, 2.24) is 5.32 Å². The van der Waals surface area contributed by atoms with Crippen molar-refractivity contribution >= 4 is 5.96 Å². The van der Waals surface area contributed by atoms with Gasteiger partial charge in [0.2, 0.25) is 0 Å². The molecule has 4 N–H and O–H groups in total. The van der Waals surface area contributed by atoms with Crippen LogP contribution in [0, 0.1) is 5.41 Å². The summed E-state index contributed by atoms with van der Waals surface area (Å²) in [5, 5.41) is 10.2. The smallest absolute Gasteiger partial charge is 0.185 e. The van der Waals surface area contributed by atoms with Crippen molar-refractivity contribution in [2.24, 2.45) is 5.73 Å². The third-order valence-corrected chi connectivity index (χ3v) is 2.42. The highest BCUT2D eigenvalue weighted by Crippen LogP contribution is 2.09. The molecule has 3 nitrogen and oxygen atoms in total. The molecule has 0 aliphatic heterocycles. The molecule has 84 valence electrons. The Labute approximate surface area is 88.0 Å². The van der Waals surface area contributed by atoms with Crippen LogP contribution in [0.15, 0.2) is 0 Å². The predicted molar refractivity (Wildman–Crippen MR) is 62.5 cm³/mol. The molecule has 0 spiro atoms. The van der Waals surface area contributed by atoms with Crippen molar-refractivity contribution in [2.45, 2.75) is 64.8 Å². The zero-order valence-corrected chi connectivity index (χ0v) is 9.60. The van der Waals surface area contributed by atoms with Crippen LogP contribution in [0.25, 0.3) is 0 Å². The number of rotatable bonds is 8. The van der Waals surface area contributed by atoms with Gasteiger partial charge in [0.25, 0.3) is 0 Å². The number of unbranched alkanes of at least 4 members (excludes halogenated alkanes) is 3. The van der Waals surface area contributed by atoms with E-state index < -0.39 is 0 Å². The molecule has 0 aromatic rings. The third-order valence-electron chi connectivity index (χ3n) is 2.42. The van der Waals surface area contributed by atoms with E-state index in [1.165, 1.54) is 32.1 Å². The summed E-state index contributed by atoms with van der Waals surface area (Å²) in [4.78, 5) is 0. The van der Waals surface area contributed by atoms with Crippen LogP contribution in [0.5, 0.6) is 0 Å². The molecule has 0 amide bonds. The van der Waals surface area contributed by atoms with Gasteiger partial charge >= 0.3 is 0 Å². The molecule has 0 saturated carbocycles. The largest absolute Gasteiger partial charge is 0.370 e. The average molecular weight is 199 g/mol. The molecule has 0 saturated heterocycles. The van der Waals surface area contributed by atoms with Crippen LogP contribution in [0.4, 0.5) is 0 Å². The highest BCUT2D eigenvalue weighted by atomic mass is 15.1. The van der Waals surface area contributed by atoms with Crippen molar-refractivity contribution in [3.8, 4) is 0 Å². The summed E-state index contributed by atoms with van der Waals surface area (Å²) < 4.78 is 0. The molecule has 0 aromatic heterocycles. The summed E-state index contributed by atoms with van der Waals surface area (Å²) in [6.07, 6.45) is 8.49. The molecule has 0 aliphatic rings. The Balaban J connectivity index is 3.66. The Morgan fingerprint density at radius 1 is 1.14 bits per heavy atom. The van der Waals surface area contributed by atoms with Crippen LogP contribution in [0.1, 0.15) is 58.8 Å². The Morgan fingerprint density at radius 2 is 1.71 bits per heavy atom. The van der Waals surface area contributed by atoms with E-state index in [9.17, 15) is 0 Å². The highest BCUT2D eigenvalue weighted by molar-refractivity contribution is 5.74. The van der Waals surface area contributed by atoms with E-state index in [0.29, 0.717) is 6.04 Å². The van der Waals surface area contributed by atoms with E-state index in [4.69, 9.17) is 11.1 Å². The molecule has 0 radical (unpaired) electrons. The van der Waals surface area contributed by atoms with Gasteiger partial charge in [0.05, 0.1) is 0 Å². The number of hydrogen-bond acceptors (Lipinski definition) is 1. The first-order valence-electron chi connectivity index (χ1n) is 5.81. The minimum Gasteiger partial charge on any atom is -0.370 e. The maximum atomic E-state index is 7.21. The number of hydrogen-bond donors (Lipinski definition) is 3. The SMILES string of the molecule is CCCCCC(CCCC)NC(=N)N. The van der Waals surface area contributed by atoms with Crippen molar-refractivity contribution in [2.75, 3.05) is 0 Å². The fourth-order valence-electron chi connectivity index (χ4n) is 1.60. The molecule has 0 aliphatic carbocycles. The maximum absolute atomic E-state index is 7.21. The van der Waals surface area contributed by atoms with Crippen LogP contribution in [0.2, 0.25) is 0 Å². The van der Waals surface area contributed by atoms with Gasteiger partial charge in [0, 0.05) is 6.04 Å². The maximum Gasteiger partial charge on any atom is 0.185 e. The van der Waals surface area contributed by atoms with Gasteiger partial charge in [-0.2, -0.15) is 0 Å². The van der Waals surface area contributed by atoms with E-state index in [1.807, 2.05) is 0 Å². The summed E-state index contributed by atoms with van der Waals surface area (Å²) in [5.41, 5.74) is 5.34. The standard InChI is InChI=1S/C11H25N3/c1-3-5-7-9-10(8-6-4-2)14-11(12)13/h10H,3-9H2,1-2H3,(H4,12,13,14). The summed E-state index contributed by atoms with van der Waals surface area (Å²) >= 11 is 0. The van der Waals surface area contributed by atoms with Gasteiger partial charge in [-0.05, 0) is 12.8 Å². The molecule has 14 heavy (non-hydrogen) atoms. The zero-order valence-electron chi connectivity index (χ0n) is 9.60. The molecule has 0 heterocycles.